The lowest BCUT2D eigenvalue weighted by Crippen LogP contribution is -1.91. The summed E-state index contributed by atoms with van der Waals surface area (Å²) >= 11 is 5.81. The second-order valence-corrected chi connectivity index (χ2v) is 8.61. The third kappa shape index (κ3) is 5.03. The number of fused-ring (bicyclic) bond motifs is 3. The maximum atomic E-state index is 13.0. The molecule has 6 rings (SSSR count). The first-order chi connectivity index (χ1) is 17.5. The van der Waals surface area contributed by atoms with Crippen LogP contribution >= 0.6 is 11.6 Å². The van der Waals surface area contributed by atoms with Gasteiger partial charge in [0.25, 0.3) is 0 Å². The molecule has 0 aliphatic rings. The molecule has 4 N–H and O–H groups in total. The van der Waals surface area contributed by atoms with Crippen molar-refractivity contribution >= 4 is 55.9 Å². The van der Waals surface area contributed by atoms with Gasteiger partial charge in [0.15, 0.2) is 22.6 Å². The smallest absolute Gasteiger partial charge is 0.171 e. The Hall–Kier alpha value is -4.25. The Kier molecular flexibility index (Phi) is 6.99. The quantitative estimate of drug-likeness (QED) is 0.201. The van der Waals surface area contributed by atoms with E-state index in [4.69, 9.17) is 36.6 Å². The molecule has 0 unspecified atom stereocenters. The highest BCUT2D eigenvalue weighted by molar-refractivity contribution is 6.38. The lowest BCUT2D eigenvalue weighted by Gasteiger charge is -1.99. The molecule has 0 saturated carbocycles. The number of benzene rings is 3. The molecule has 12 heteroatoms. The van der Waals surface area contributed by atoms with Gasteiger partial charge in [-0.25, -0.2) is 13.2 Å². The summed E-state index contributed by atoms with van der Waals surface area (Å²) < 4.78 is 53.4. The van der Waals surface area contributed by atoms with Crippen LogP contribution < -0.4 is 11.5 Å². The maximum Gasteiger partial charge on any atom is 0.171 e. The molecule has 0 spiro atoms. The number of nitrogen functional groups attached to an aromatic ring is 2. The molecule has 0 aliphatic heterocycles. The Balaban J connectivity index is 0.000000130. The third-order valence-corrected chi connectivity index (χ3v) is 5.95. The predicted octanol–water partition coefficient (Wildman–Crippen LogP) is 6.95. The van der Waals surface area contributed by atoms with Crippen LogP contribution in [-0.4, -0.2) is 15.5 Å². The Morgan fingerprint density at radius 3 is 1.76 bits per heavy atom. The molecule has 37 heavy (non-hydrogen) atoms. The molecule has 3 aromatic carbocycles. The molecule has 0 fully saturated rings. The van der Waals surface area contributed by atoms with Crippen LogP contribution in [0.2, 0.25) is 5.02 Å². The van der Waals surface area contributed by atoms with Gasteiger partial charge in [0.05, 0.1) is 38.9 Å². The molecule has 0 amide bonds. The average Bonchev–Trinajstić information content (AvgIpc) is 3.52. The Morgan fingerprint density at radius 2 is 1.14 bits per heavy atom. The summed E-state index contributed by atoms with van der Waals surface area (Å²) in [5.41, 5.74) is 14.8. The van der Waals surface area contributed by atoms with Crippen molar-refractivity contribution in [2.45, 2.75) is 27.7 Å². The first-order valence-electron chi connectivity index (χ1n) is 10.8. The van der Waals surface area contributed by atoms with Crippen molar-refractivity contribution in [3.05, 3.63) is 75.5 Å². The summed E-state index contributed by atoms with van der Waals surface area (Å²) in [6.45, 7) is 7.06. The molecule has 192 valence electrons. The van der Waals surface area contributed by atoms with Crippen molar-refractivity contribution in [3.63, 3.8) is 0 Å². The molecular formula is C25H21ClF3N5O3. The van der Waals surface area contributed by atoms with E-state index in [1.807, 2.05) is 6.92 Å². The number of rotatable bonds is 0. The molecule has 0 atom stereocenters. The summed E-state index contributed by atoms with van der Waals surface area (Å²) in [5.74, 6) is -1.31. The number of aryl methyl sites for hydroxylation is 4. The highest BCUT2D eigenvalue weighted by Gasteiger charge is 2.15. The third-order valence-electron chi connectivity index (χ3n) is 5.56. The number of hydrogen-bond donors (Lipinski definition) is 2. The summed E-state index contributed by atoms with van der Waals surface area (Å²) in [7, 11) is 0. The van der Waals surface area contributed by atoms with Crippen LogP contribution in [0.1, 0.15) is 22.6 Å². The van der Waals surface area contributed by atoms with Crippen LogP contribution in [0.25, 0.3) is 32.9 Å². The monoisotopic (exact) mass is 531 g/mol. The van der Waals surface area contributed by atoms with Gasteiger partial charge in [-0.15, -0.1) is 0 Å². The van der Waals surface area contributed by atoms with Gasteiger partial charge in [-0.3, -0.25) is 0 Å². The Morgan fingerprint density at radius 1 is 0.649 bits per heavy atom. The average molecular weight is 532 g/mol. The lowest BCUT2D eigenvalue weighted by molar-refractivity contribution is 0.448. The molecule has 0 bridgehead atoms. The van der Waals surface area contributed by atoms with Crippen molar-refractivity contribution in [1.29, 1.82) is 0 Å². The molecule has 3 heterocycles. The van der Waals surface area contributed by atoms with Gasteiger partial charge in [-0.1, -0.05) is 27.1 Å². The normalized spacial score (nSPS) is 10.9. The van der Waals surface area contributed by atoms with Crippen LogP contribution in [0, 0.1) is 45.1 Å². The van der Waals surface area contributed by atoms with Crippen molar-refractivity contribution in [1.82, 2.24) is 15.5 Å². The van der Waals surface area contributed by atoms with E-state index >= 15 is 0 Å². The highest BCUT2D eigenvalue weighted by Crippen LogP contribution is 2.33. The molecule has 0 aliphatic carbocycles. The fraction of sp³-hybridized carbons (Fsp3) is 0.160. The van der Waals surface area contributed by atoms with Crippen molar-refractivity contribution in [2.75, 3.05) is 11.5 Å². The predicted molar refractivity (Wildman–Crippen MR) is 135 cm³/mol. The van der Waals surface area contributed by atoms with Gasteiger partial charge < -0.3 is 25.0 Å². The number of aromatic nitrogens is 3. The van der Waals surface area contributed by atoms with E-state index in [-0.39, 0.29) is 22.2 Å². The number of halogens is 4. The highest BCUT2D eigenvalue weighted by atomic mass is 35.5. The summed E-state index contributed by atoms with van der Waals surface area (Å²) in [6, 6.07) is 7.05. The minimum atomic E-state index is -0.589. The second kappa shape index (κ2) is 10.0. The van der Waals surface area contributed by atoms with E-state index in [2.05, 4.69) is 15.5 Å². The van der Waals surface area contributed by atoms with E-state index in [1.54, 1.807) is 26.8 Å². The molecular weight excluding hydrogens is 511 g/mol. The van der Waals surface area contributed by atoms with Gasteiger partial charge in [0.2, 0.25) is 0 Å². The zero-order valence-electron chi connectivity index (χ0n) is 20.1. The number of hydrogen-bond acceptors (Lipinski definition) is 8. The Bertz CT molecular complexity index is 1680. The van der Waals surface area contributed by atoms with Crippen LogP contribution in [0.5, 0.6) is 0 Å². The molecule has 6 aromatic rings. The largest absolute Gasteiger partial charge is 0.396 e. The van der Waals surface area contributed by atoms with Gasteiger partial charge in [-0.2, -0.15) is 0 Å². The fourth-order valence-corrected chi connectivity index (χ4v) is 3.79. The number of anilines is 2. The minimum absolute atomic E-state index is 0.0690. The van der Waals surface area contributed by atoms with Gasteiger partial charge >= 0.3 is 0 Å². The van der Waals surface area contributed by atoms with Crippen molar-refractivity contribution < 1.29 is 26.7 Å². The van der Waals surface area contributed by atoms with Crippen LogP contribution in [0.15, 0.2) is 43.9 Å². The summed E-state index contributed by atoms with van der Waals surface area (Å²) in [6.07, 6.45) is 0. The molecule has 0 saturated heterocycles. The summed E-state index contributed by atoms with van der Waals surface area (Å²) in [5, 5.41) is 13.4. The van der Waals surface area contributed by atoms with Gasteiger partial charge in [0.1, 0.15) is 11.6 Å². The van der Waals surface area contributed by atoms with Crippen LogP contribution in [0.3, 0.4) is 0 Å². The lowest BCUT2D eigenvalue weighted by atomic mass is 10.1. The standard InChI is InChI=1S/C9H8FNO.C8H6ClFN2O.C8H7FN2O/c1-5-3-7-6(2)11-12-9(7)4-8(5)10;1-3-6-5(13-12-3)2-4(10)8(11)7(6)9;1-4-5-2-7(10)6(9)3-8(5)12-11-4/h3-4H,1-2H3;2H,11H2,1H3;2-3H,10H2,1H3. The fourth-order valence-electron chi connectivity index (χ4n) is 3.47. The summed E-state index contributed by atoms with van der Waals surface area (Å²) in [4.78, 5) is 0. The van der Waals surface area contributed by atoms with E-state index in [1.165, 1.54) is 24.3 Å². The zero-order valence-corrected chi connectivity index (χ0v) is 20.9. The van der Waals surface area contributed by atoms with Crippen LogP contribution in [-0.2, 0) is 0 Å². The van der Waals surface area contributed by atoms with Crippen molar-refractivity contribution in [2.24, 2.45) is 0 Å². The molecule has 8 nitrogen and oxygen atoms in total. The Labute approximate surface area is 212 Å². The number of nitrogens with zero attached hydrogens (tertiary/aromatic N) is 3. The van der Waals surface area contributed by atoms with Crippen molar-refractivity contribution in [3.8, 4) is 0 Å². The van der Waals surface area contributed by atoms with Gasteiger partial charge in [0, 0.05) is 29.0 Å². The SMILES string of the molecule is Cc1cc2c(C)noc2cc1F.Cc1noc2cc(F)c(N)c(Cl)c12.Cc1noc2cc(F)c(N)cc12. The second-order valence-electron chi connectivity index (χ2n) is 8.23. The van der Waals surface area contributed by atoms with Gasteiger partial charge in [-0.05, 0) is 45.4 Å². The molecule has 3 aromatic heterocycles. The van der Waals surface area contributed by atoms with E-state index in [0.717, 1.165) is 22.2 Å². The van der Waals surface area contributed by atoms with Crippen LogP contribution in [0.4, 0.5) is 24.5 Å². The first-order valence-corrected chi connectivity index (χ1v) is 11.2. The minimum Gasteiger partial charge on any atom is -0.396 e. The van der Waals surface area contributed by atoms with E-state index in [0.29, 0.717) is 33.4 Å². The topological polar surface area (TPSA) is 130 Å². The maximum absolute atomic E-state index is 13.0. The first kappa shape index (κ1) is 25.8. The zero-order chi connectivity index (χ0) is 27.0. The van der Waals surface area contributed by atoms with E-state index in [9.17, 15) is 13.2 Å². The molecule has 0 radical (unpaired) electrons. The van der Waals surface area contributed by atoms with E-state index < -0.39 is 11.6 Å². The number of nitrogens with two attached hydrogens (primary N) is 2.